The Morgan fingerprint density at radius 2 is 2.09 bits per heavy atom. The Morgan fingerprint density at radius 1 is 1.32 bits per heavy atom. The second kappa shape index (κ2) is 6.81. The molecule has 1 heterocycles. The number of esters is 1. The first-order chi connectivity index (χ1) is 10.5. The van der Waals surface area contributed by atoms with Crippen molar-refractivity contribution in [3.63, 3.8) is 0 Å². The molecule has 0 saturated carbocycles. The van der Waals surface area contributed by atoms with Crippen molar-refractivity contribution in [1.82, 2.24) is 0 Å². The molecule has 2 aromatic rings. The molecule has 7 nitrogen and oxygen atoms in total. The third-order valence-corrected chi connectivity index (χ3v) is 3.55. The number of thiophene rings is 1. The number of hydrogen-bond acceptors (Lipinski definition) is 6. The Balaban J connectivity index is 1.98. The van der Waals surface area contributed by atoms with Gasteiger partial charge in [0.05, 0.1) is 4.92 Å². The summed E-state index contributed by atoms with van der Waals surface area (Å²) in [6.07, 6.45) is -1.02. The van der Waals surface area contributed by atoms with Crippen LogP contribution in [0.5, 0.6) is 0 Å². The summed E-state index contributed by atoms with van der Waals surface area (Å²) in [6.45, 7) is 1.43. The van der Waals surface area contributed by atoms with E-state index in [-0.39, 0.29) is 11.4 Å². The average Bonchev–Trinajstić information content (AvgIpc) is 3.01. The molecule has 0 spiro atoms. The third-order valence-electron chi connectivity index (χ3n) is 2.70. The van der Waals surface area contributed by atoms with E-state index in [1.165, 1.54) is 42.5 Å². The van der Waals surface area contributed by atoms with Crippen LogP contribution >= 0.6 is 11.3 Å². The SMILES string of the molecule is CC(OC(=O)c1cccs1)C(=O)Nc1cccc([N+](=O)[O-])c1. The van der Waals surface area contributed by atoms with Crippen molar-refractivity contribution < 1.29 is 19.2 Å². The number of rotatable bonds is 5. The summed E-state index contributed by atoms with van der Waals surface area (Å²) in [4.78, 5) is 34.2. The van der Waals surface area contributed by atoms with Crippen LogP contribution in [0.4, 0.5) is 11.4 Å². The number of nitrogens with zero attached hydrogens (tertiary/aromatic N) is 1. The van der Waals surface area contributed by atoms with Gasteiger partial charge in [-0.15, -0.1) is 11.3 Å². The molecule has 22 heavy (non-hydrogen) atoms. The highest BCUT2D eigenvalue weighted by Crippen LogP contribution is 2.18. The number of non-ortho nitro benzene ring substituents is 1. The molecule has 1 N–H and O–H groups in total. The molecule has 1 unspecified atom stereocenters. The van der Waals surface area contributed by atoms with Crippen LogP contribution in [0, 0.1) is 10.1 Å². The van der Waals surface area contributed by atoms with E-state index in [2.05, 4.69) is 5.32 Å². The summed E-state index contributed by atoms with van der Waals surface area (Å²) in [6, 6.07) is 8.81. The van der Waals surface area contributed by atoms with E-state index in [0.717, 1.165) is 0 Å². The Morgan fingerprint density at radius 3 is 2.73 bits per heavy atom. The molecular weight excluding hydrogens is 308 g/mol. The molecule has 0 radical (unpaired) electrons. The molecule has 114 valence electrons. The number of nitro groups is 1. The van der Waals surface area contributed by atoms with Gasteiger partial charge >= 0.3 is 5.97 Å². The molecule has 1 amide bonds. The summed E-state index contributed by atoms with van der Waals surface area (Å²) < 4.78 is 5.03. The predicted octanol–water partition coefficient (Wildman–Crippen LogP) is 2.84. The van der Waals surface area contributed by atoms with Crippen LogP contribution in [-0.4, -0.2) is 22.9 Å². The first kappa shape index (κ1) is 15.6. The smallest absolute Gasteiger partial charge is 0.349 e. The van der Waals surface area contributed by atoms with E-state index in [1.807, 2.05) is 0 Å². The molecule has 1 atom stereocenters. The van der Waals surface area contributed by atoms with Crippen LogP contribution in [0.15, 0.2) is 41.8 Å². The number of carbonyl (C=O) groups excluding carboxylic acids is 2. The lowest BCUT2D eigenvalue weighted by atomic mass is 10.2. The maximum Gasteiger partial charge on any atom is 0.349 e. The first-order valence-electron chi connectivity index (χ1n) is 6.27. The van der Waals surface area contributed by atoms with Gasteiger partial charge in [0.15, 0.2) is 6.10 Å². The van der Waals surface area contributed by atoms with E-state index in [0.29, 0.717) is 4.88 Å². The molecule has 0 fully saturated rings. The van der Waals surface area contributed by atoms with Gasteiger partial charge in [0.2, 0.25) is 0 Å². The number of nitro benzene ring substituents is 1. The third kappa shape index (κ3) is 3.89. The second-order valence-corrected chi connectivity index (χ2v) is 5.27. The van der Waals surface area contributed by atoms with Gasteiger partial charge in [0.25, 0.3) is 11.6 Å². The molecule has 0 bridgehead atoms. The highest BCUT2D eigenvalue weighted by Gasteiger charge is 2.20. The lowest BCUT2D eigenvalue weighted by Gasteiger charge is -2.12. The number of amides is 1. The molecule has 8 heteroatoms. The van der Waals surface area contributed by atoms with E-state index in [1.54, 1.807) is 17.5 Å². The van der Waals surface area contributed by atoms with Crippen LogP contribution in [0.25, 0.3) is 0 Å². The Hall–Kier alpha value is -2.74. The fourth-order valence-electron chi connectivity index (χ4n) is 1.61. The number of nitrogens with one attached hydrogen (secondary N) is 1. The average molecular weight is 320 g/mol. The van der Waals surface area contributed by atoms with Gasteiger partial charge in [-0.1, -0.05) is 12.1 Å². The molecule has 0 aliphatic heterocycles. The highest BCUT2D eigenvalue weighted by molar-refractivity contribution is 7.11. The van der Waals surface area contributed by atoms with Crippen LogP contribution in [-0.2, 0) is 9.53 Å². The highest BCUT2D eigenvalue weighted by atomic mass is 32.1. The van der Waals surface area contributed by atoms with Crippen molar-refractivity contribution in [2.24, 2.45) is 0 Å². The number of benzene rings is 1. The fraction of sp³-hybridized carbons (Fsp3) is 0.143. The lowest BCUT2D eigenvalue weighted by molar-refractivity contribution is -0.384. The van der Waals surface area contributed by atoms with Crippen LogP contribution in [0.2, 0.25) is 0 Å². The van der Waals surface area contributed by atoms with Crippen molar-refractivity contribution >= 4 is 34.6 Å². The zero-order valence-corrected chi connectivity index (χ0v) is 12.3. The monoisotopic (exact) mass is 320 g/mol. The molecule has 1 aromatic heterocycles. The minimum atomic E-state index is -1.02. The van der Waals surface area contributed by atoms with Crippen molar-refractivity contribution in [2.45, 2.75) is 13.0 Å². The number of carbonyl (C=O) groups is 2. The number of anilines is 1. The standard InChI is InChI=1S/C14H12N2O5S/c1-9(21-14(18)12-6-3-7-22-12)13(17)15-10-4-2-5-11(8-10)16(19)20/h2-9H,1H3,(H,15,17). The second-order valence-electron chi connectivity index (χ2n) is 4.32. The van der Waals surface area contributed by atoms with E-state index < -0.39 is 22.9 Å². The van der Waals surface area contributed by atoms with Crippen molar-refractivity contribution in [3.05, 3.63) is 56.8 Å². The van der Waals surface area contributed by atoms with Gasteiger partial charge in [0, 0.05) is 17.8 Å². The number of hydrogen-bond donors (Lipinski definition) is 1. The predicted molar refractivity (Wildman–Crippen MR) is 80.9 cm³/mol. The van der Waals surface area contributed by atoms with E-state index in [4.69, 9.17) is 4.74 Å². The topological polar surface area (TPSA) is 98.5 Å². The maximum absolute atomic E-state index is 11.9. The van der Waals surface area contributed by atoms with Gasteiger partial charge in [0.1, 0.15) is 4.88 Å². The molecule has 0 aliphatic carbocycles. The molecular formula is C14H12N2O5S. The van der Waals surface area contributed by atoms with Gasteiger partial charge in [-0.2, -0.15) is 0 Å². The summed E-state index contributed by atoms with van der Waals surface area (Å²) in [7, 11) is 0. The van der Waals surface area contributed by atoms with Crippen molar-refractivity contribution in [2.75, 3.05) is 5.32 Å². The first-order valence-corrected chi connectivity index (χ1v) is 7.15. The van der Waals surface area contributed by atoms with Gasteiger partial charge in [-0.25, -0.2) is 4.79 Å². The summed E-state index contributed by atoms with van der Waals surface area (Å²) >= 11 is 1.21. The van der Waals surface area contributed by atoms with Crippen LogP contribution < -0.4 is 5.32 Å². The summed E-state index contributed by atoms with van der Waals surface area (Å²) in [5.74, 6) is -1.15. The van der Waals surface area contributed by atoms with E-state index >= 15 is 0 Å². The molecule has 0 aliphatic rings. The molecule has 0 saturated heterocycles. The van der Waals surface area contributed by atoms with Gasteiger partial charge in [-0.05, 0) is 24.4 Å². The summed E-state index contributed by atoms with van der Waals surface area (Å²) in [5, 5.41) is 14.9. The molecule has 2 rings (SSSR count). The van der Waals surface area contributed by atoms with Crippen LogP contribution in [0.3, 0.4) is 0 Å². The Kier molecular flexibility index (Phi) is 4.84. The number of ether oxygens (including phenoxy) is 1. The minimum Gasteiger partial charge on any atom is -0.448 e. The van der Waals surface area contributed by atoms with Gasteiger partial charge in [-0.3, -0.25) is 14.9 Å². The maximum atomic E-state index is 11.9. The Labute approximate surface area is 129 Å². The summed E-state index contributed by atoms with van der Waals surface area (Å²) in [5.41, 5.74) is 0.124. The zero-order chi connectivity index (χ0) is 16.1. The van der Waals surface area contributed by atoms with Gasteiger partial charge < -0.3 is 10.1 Å². The largest absolute Gasteiger partial charge is 0.448 e. The Bertz CT molecular complexity index is 699. The lowest BCUT2D eigenvalue weighted by Crippen LogP contribution is -2.29. The van der Waals surface area contributed by atoms with Crippen molar-refractivity contribution in [3.8, 4) is 0 Å². The van der Waals surface area contributed by atoms with E-state index in [9.17, 15) is 19.7 Å². The minimum absolute atomic E-state index is 0.138. The normalized spacial score (nSPS) is 11.5. The fourth-order valence-corrected chi connectivity index (χ4v) is 2.21. The van der Waals surface area contributed by atoms with Crippen LogP contribution in [0.1, 0.15) is 16.6 Å². The van der Waals surface area contributed by atoms with Crippen molar-refractivity contribution in [1.29, 1.82) is 0 Å². The quantitative estimate of drug-likeness (QED) is 0.519. The molecule has 1 aromatic carbocycles. The zero-order valence-electron chi connectivity index (χ0n) is 11.5.